The number of nitrogens with zero attached hydrogens (tertiary/aromatic N) is 1. The fourth-order valence-electron chi connectivity index (χ4n) is 4.72. The minimum atomic E-state index is -5.01. The van der Waals surface area contributed by atoms with Crippen LogP contribution in [0, 0.1) is 34.0 Å². The first-order valence-electron chi connectivity index (χ1n) is 13.0. The molecule has 2 fully saturated rings. The molecule has 5 atom stereocenters. The van der Waals surface area contributed by atoms with Crippen molar-refractivity contribution in [2.24, 2.45) is 22.7 Å². The van der Waals surface area contributed by atoms with E-state index in [2.05, 4.69) is 35.9 Å². The molecule has 0 aromatic heterocycles. The highest BCUT2D eigenvalue weighted by Crippen LogP contribution is 2.54. The first kappa shape index (κ1) is 31.8. The van der Waals surface area contributed by atoms with Gasteiger partial charge in [-0.15, -0.1) is 0 Å². The third-order valence-electron chi connectivity index (χ3n) is 7.46. The molecule has 9 nitrogen and oxygen atoms in total. The second-order valence-corrected chi connectivity index (χ2v) is 13.0. The lowest BCUT2D eigenvalue weighted by molar-refractivity contribution is -0.175. The molecule has 1 aliphatic carbocycles. The Balaban J connectivity index is 1.97. The average Bonchev–Trinajstić information content (AvgIpc) is 3.26. The molecule has 1 heterocycles. The Hall–Kier alpha value is -2.39. The van der Waals surface area contributed by atoms with E-state index in [9.17, 15) is 32.8 Å². The molecule has 216 valence electrons. The molecule has 1 saturated heterocycles. The van der Waals surface area contributed by atoms with Gasteiger partial charge in [0.15, 0.2) is 0 Å². The van der Waals surface area contributed by atoms with Crippen LogP contribution in [0.4, 0.5) is 13.2 Å². The summed E-state index contributed by atoms with van der Waals surface area (Å²) in [5.74, 6) is -2.69. The number of hydrogen-bond acceptors (Lipinski definition) is 6. The Bertz CT molecular complexity index is 923. The Morgan fingerprint density at radius 3 is 2.18 bits per heavy atom. The number of carbonyl (C=O) groups is 3. The number of alkyl halides is 3. The summed E-state index contributed by atoms with van der Waals surface area (Å²) in [5.41, 5.74) is -0.992. The lowest BCUT2D eigenvalue weighted by atomic mass is 9.87. The molecule has 0 bridgehead atoms. The van der Waals surface area contributed by atoms with E-state index in [-0.39, 0.29) is 48.5 Å². The van der Waals surface area contributed by atoms with Crippen LogP contribution in [0.1, 0.15) is 74.1 Å². The Morgan fingerprint density at radius 2 is 1.74 bits per heavy atom. The quantitative estimate of drug-likeness (QED) is 0.220. The summed E-state index contributed by atoms with van der Waals surface area (Å²) >= 11 is 0. The van der Waals surface area contributed by atoms with Crippen LogP contribution in [0.15, 0.2) is 0 Å². The average molecular weight is 546 g/mol. The molecule has 0 radical (unpaired) electrons. The van der Waals surface area contributed by atoms with E-state index in [0.29, 0.717) is 12.8 Å². The van der Waals surface area contributed by atoms with Crippen LogP contribution in [0.25, 0.3) is 0 Å². The van der Waals surface area contributed by atoms with Crippen LogP contribution in [-0.2, 0) is 19.1 Å². The van der Waals surface area contributed by atoms with E-state index >= 15 is 0 Å². The molecule has 1 unspecified atom stereocenters. The van der Waals surface area contributed by atoms with Gasteiger partial charge in [-0.1, -0.05) is 34.6 Å². The zero-order valence-electron chi connectivity index (χ0n) is 23.3. The minimum Gasteiger partial charge on any atom is -0.364 e. The van der Waals surface area contributed by atoms with Crippen molar-refractivity contribution in [1.82, 2.24) is 21.3 Å². The molecule has 3 amide bonds. The minimum absolute atomic E-state index is 0.0857. The maximum absolute atomic E-state index is 13.1. The van der Waals surface area contributed by atoms with E-state index < -0.39 is 41.5 Å². The predicted octanol–water partition coefficient (Wildman–Crippen LogP) is 2.76. The smallest absolute Gasteiger partial charge is 0.364 e. The molecular formula is C26H42F3N5O4. The van der Waals surface area contributed by atoms with Crippen LogP contribution in [0.5, 0.6) is 0 Å². The molecule has 4 N–H and O–H groups in total. The van der Waals surface area contributed by atoms with Gasteiger partial charge in [0, 0.05) is 11.5 Å². The highest BCUT2D eigenvalue weighted by Gasteiger charge is 2.47. The van der Waals surface area contributed by atoms with Crippen LogP contribution >= 0.6 is 0 Å². The van der Waals surface area contributed by atoms with Gasteiger partial charge < -0.3 is 20.7 Å². The maximum Gasteiger partial charge on any atom is 0.471 e. The van der Waals surface area contributed by atoms with E-state index in [1.807, 2.05) is 19.2 Å². The molecule has 38 heavy (non-hydrogen) atoms. The Kier molecular flexibility index (Phi) is 9.87. The number of hydrogen-bond donors (Lipinski definition) is 4. The van der Waals surface area contributed by atoms with Gasteiger partial charge in [0.05, 0.1) is 31.5 Å². The fourth-order valence-corrected chi connectivity index (χ4v) is 4.72. The maximum atomic E-state index is 13.1. The highest BCUT2D eigenvalue weighted by atomic mass is 19.4. The number of amides is 3. The first-order chi connectivity index (χ1) is 17.2. The topological polar surface area (TPSA) is 132 Å². The molecule has 2 rings (SSSR count). The number of halogens is 3. The SMILES string of the molecule is CC1(C)C[C@@H](C[C@@H](C#N)NC(=O)[C@H](CC2CC2(C)C)NCOC[C@@H](NC(=O)C(F)(F)F)C(C)(C)C)C(=O)N1. The van der Waals surface area contributed by atoms with Crippen LogP contribution < -0.4 is 21.3 Å². The molecule has 1 aliphatic heterocycles. The number of ether oxygens (including phenoxy) is 1. The normalized spacial score (nSPS) is 24.5. The van der Waals surface area contributed by atoms with Gasteiger partial charge in [-0.05, 0) is 56.3 Å². The van der Waals surface area contributed by atoms with Gasteiger partial charge >= 0.3 is 12.1 Å². The first-order valence-corrected chi connectivity index (χ1v) is 13.0. The summed E-state index contributed by atoms with van der Waals surface area (Å²) in [6.45, 7) is 12.7. The lowest BCUT2D eigenvalue weighted by Crippen LogP contribution is -2.52. The second-order valence-electron chi connectivity index (χ2n) is 13.0. The predicted molar refractivity (Wildman–Crippen MR) is 134 cm³/mol. The Morgan fingerprint density at radius 1 is 1.13 bits per heavy atom. The summed E-state index contributed by atoms with van der Waals surface area (Å²) in [6, 6.07) is -0.403. The van der Waals surface area contributed by atoms with E-state index in [1.165, 1.54) is 0 Å². The van der Waals surface area contributed by atoms with E-state index in [4.69, 9.17) is 4.74 Å². The van der Waals surface area contributed by atoms with Gasteiger partial charge in [0.2, 0.25) is 11.8 Å². The van der Waals surface area contributed by atoms with Crippen LogP contribution in [-0.4, -0.2) is 60.9 Å². The van der Waals surface area contributed by atoms with Crippen LogP contribution in [0.3, 0.4) is 0 Å². The zero-order chi connectivity index (χ0) is 29.1. The van der Waals surface area contributed by atoms with Crippen molar-refractivity contribution in [3.05, 3.63) is 0 Å². The van der Waals surface area contributed by atoms with E-state index in [0.717, 1.165) is 6.42 Å². The number of nitriles is 1. The van der Waals surface area contributed by atoms with Gasteiger partial charge in [-0.2, -0.15) is 18.4 Å². The number of carbonyl (C=O) groups excluding carboxylic acids is 3. The monoisotopic (exact) mass is 545 g/mol. The largest absolute Gasteiger partial charge is 0.471 e. The third-order valence-corrected chi connectivity index (χ3v) is 7.46. The van der Waals surface area contributed by atoms with Gasteiger partial charge in [0.1, 0.15) is 6.04 Å². The molecule has 0 aromatic carbocycles. The summed E-state index contributed by atoms with van der Waals surface area (Å²) in [4.78, 5) is 36.8. The molecule has 12 heteroatoms. The van der Waals surface area contributed by atoms with Gasteiger partial charge in [0.25, 0.3) is 0 Å². The number of rotatable bonds is 12. The zero-order valence-corrected chi connectivity index (χ0v) is 23.3. The van der Waals surface area contributed by atoms with E-state index in [1.54, 1.807) is 20.8 Å². The lowest BCUT2D eigenvalue weighted by Gasteiger charge is -2.31. The molecule has 1 saturated carbocycles. The van der Waals surface area contributed by atoms with Crippen molar-refractivity contribution in [2.45, 2.75) is 104 Å². The van der Waals surface area contributed by atoms with Gasteiger partial charge in [-0.25, -0.2) is 0 Å². The second kappa shape index (κ2) is 11.8. The number of nitrogens with one attached hydrogen (secondary N) is 4. The molecule has 0 spiro atoms. The van der Waals surface area contributed by atoms with Crippen molar-refractivity contribution in [3.8, 4) is 6.07 Å². The highest BCUT2D eigenvalue weighted by molar-refractivity contribution is 5.84. The molecular weight excluding hydrogens is 503 g/mol. The summed E-state index contributed by atoms with van der Waals surface area (Å²) in [5, 5.41) is 20.2. The molecule has 0 aromatic rings. The summed E-state index contributed by atoms with van der Waals surface area (Å²) in [6.07, 6.45) is -2.82. The van der Waals surface area contributed by atoms with Crippen molar-refractivity contribution >= 4 is 17.7 Å². The Labute approximate surface area is 223 Å². The van der Waals surface area contributed by atoms with Gasteiger partial charge in [-0.3, -0.25) is 19.7 Å². The van der Waals surface area contributed by atoms with Crippen LogP contribution in [0.2, 0.25) is 0 Å². The standard InChI is InChI=1S/C26H42F3N5O4/c1-23(2,3)19(33-22(37)26(27,28)29)13-38-14-31-18(9-16-11-24(16,4)5)21(36)32-17(12-30)8-15-10-25(6,7)34-20(15)35/h15-19,31H,8-11,13-14H2,1-7H3,(H,32,36)(H,33,37)(H,34,35)/t15-,16?,17+,18+,19-/m1/s1. The summed E-state index contributed by atoms with van der Waals surface area (Å²) in [7, 11) is 0. The fraction of sp³-hybridized carbons (Fsp3) is 0.846. The van der Waals surface area contributed by atoms with Crippen molar-refractivity contribution in [3.63, 3.8) is 0 Å². The summed E-state index contributed by atoms with van der Waals surface area (Å²) < 4.78 is 43.8. The third kappa shape index (κ3) is 9.42. The van der Waals surface area contributed by atoms with Crippen molar-refractivity contribution in [2.75, 3.05) is 13.3 Å². The molecule has 2 aliphatic rings. The van der Waals surface area contributed by atoms with Crippen molar-refractivity contribution in [1.29, 1.82) is 5.26 Å². The van der Waals surface area contributed by atoms with Crippen molar-refractivity contribution < 1.29 is 32.3 Å².